The molecule has 1 aliphatic rings. The Bertz CT molecular complexity index is 603. The van der Waals surface area contributed by atoms with Crippen LogP contribution in [0.25, 0.3) is 0 Å². The Morgan fingerprint density at radius 3 is 2.55 bits per heavy atom. The van der Waals surface area contributed by atoms with Crippen molar-refractivity contribution < 1.29 is 18.0 Å². The number of rotatable bonds is 2. The molecule has 0 aliphatic carbocycles. The molecule has 0 radical (unpaired) electrons. The minimum atomic E-state index is -4.65. The summed E-state index contributed by atoms with van der Waals surface area (Å²) in [5.74, 6) is -0.411. The van der Waals surface area contributed by atoms with Crippen LogP contribution in [0.4, 0.5) is 13.2 Å². The van der Waals surface area contributed by atoms with Crippen LogP contribution in [0.15, 0.2) is 16.9 Å². The summed E-state index contributed by atoms with van der Waals surface area (Å²) >= 11 is 0. The van der Waals surface area contributed by atoms with Crippen molar-refractivity contribution in [3.8, 4) is 0 Å². The normalized spacial score (nSPS) is 21.6. The quantitative estimate of drug-likeness (QED) is 0.859. The molecular formula is C13H17ClF3N3O2. The second-order valence-electron chi connectivity index (χ2n) is 5.26. The minimum absolute atomic E-state index is 0. The Morgan fingerprint density at radius 1 is 1.45 bits per heavy atom. The van der Waals surface area contributed by atoms with Gasteiger partial charge in [0.1, 0.15) is 11.3 Å². The number of nitrogens with two attached hydrogens (primary N) is 1. The molecule has 0 spiro atoms. The summed E-state index contributed by atoms with van der Waals surface area (Å²) in [4.78, 5) is 27.2. The van der Waals surface area contributed by atoms with Crippen molar-refractivity contribution in [1.82, 2.24) is 9.88 Å². The maximum atomic E-state index is 12.5. The average molecular weight is 340 g/mol. The number of carbonyl (C=O) groups excluding carboxylic acids is 1. The number of alkyl halides is 3. The van der Waals surface area contributed by atoms with E-state index < -0.39 is 23.3 Å². The van der Waals surface area contributed by atoms with E-state index in [4.69, 9.17) is 5.73 Å². The molecule has 124 valence electrons. The first kappa shape index (κ1) is 18.5. The molecule has 5 nitrogen and oxygen atoms in total. The molecule has 2 unspecified atom stereocenters. The van der Waals surface area contributed by atoms with Crippen molar-refractivity contribution in [2.45, 2.75) is 25.6 Å². The lowest BCUT2D eigenvalue weighted by Gasteiger charge is -2.21. The lowest BCUT2D eigenvalue weighted by molar-refractivity contribution is -0.141. The monoisotopic (exact) mass is 339 g/mol. The molecule has 1 fully saturated rings. The highest BCUT2D eigenvalue weighted by atomic mass is 35.5. The molecule has 3 N–H and O–H groups in total. The van der Waals surface area contributed by atoms with Gasteiger partial charge in [-0.2, -0.15) is 13.2 Å². The number of aromatic nitrogens is 1. The maximum absolute atomic E-state index is 12.5. The van der Waals surface area contributed by atoms with Crippen LogP contribution < -0.4 is 11.3 Å². The lowest BCUT2D eigenvalue weighted by atomic mass is 10.1. The molecule has 1 aromatic heterocycles. The Morgan fingerprint density at radius 2 is 2.09 bits per heavy atom. The fourth-order valence-corrected chi connectivity index (χ4v) is 2.56. The van der Waals surface area contributed by atoms with E-state index in [1.807, 2.05) is 6.92 Å². The highest BCUT2D eigenvalue weighted by Gasteiger charge is 2.35. The summed E-state index contributed by atoms with van der Waals surface area (Å²) in [6.07, 6.45) is -3.92. The first-order valence-corrected chi connectivity index (χ1v) is 6.55. The van der Waals surface area contributed by atoms with Crippen LogP contribution in [-0.4, -0.2) is 34.9 Å². The second-order valence-corrected chi connectivity index (χ2v) is 5.26. The van der Waals surface area contributed by atoms with Crippen LogP contribution in [0.1, 0.15) is 29.4 Å². The van der Waals surface area contributed by atoms with Gasteiger partial charge in [-0.3, -0.25) is 9.59 Å². The van der Waals surface area contributed by atoms with E-state index in [0.717, 1.165) is 12.5 Å². The molecule has 1 aromatic rings. The van der Waals surface area contributed by atoms with Crippen molar-refractivity contribution in [2.75, 3.05) is 13.1 Å². The molecule has 1 amide bonds. The molecule has 1 saturated heterocycles. The molecule has 22 heavy (non-hydrogen) atoms. The third kappa shape index (κ3) is 3.61. The summed E-state index contributed by atoms with van der Waals surface area (Å²) in [7, 11) is 0. The highest BCUT2D eigenvalue weighted by Crippen LogP contribution is 2.27. The van der Waals surface area contributed by atoms with Gasteiger partial charge in [-0.15, -0.1) is 12.4 Å². The number of carbonyl (C=O) groups is 1. The SMILES string of the molecule is CC1CC(CN)CN1C(=O)c1ccc(C(F)(F)F)[nH]c1=O.Cl. The van der Waals surface area contributed by atoms with Crippen molar-refractivity contribution in [3.63, 3.8) is 0 Å². The number of pyridine rings is 1. The zero-order valence-corrected chi connectivity index (χ0v) is 12.6. The fourth-order valence-electron chi connectivity index (χ4n) is 2.56. The van der Waals surface area contributed by atoms with Crippen LogP contribution in [0, 0.1) is 5.92 Å². The molecule has 1 aliphatic heterocycles. The first-order valence-electron chi connectivity index (χ1n) is 6.55. The van der Waals surface area contributed by atoms with Crippen LogP contribution in [0.5, 0.6) is 0 Å². The Hall–Kier alpha value is -1.54. The Balaban J connectivity index is 0.00000242. The largest absolute Gasteiger partial charge is 0.431 e. The Kier molecular flexibility index (Phi) is 5.64. The molecule has 2 atom stereocenters. The average Bonchev–Trinajstić information content (AvgIpc) is 2.78. The number of H-pyrrole nitrogens is 1. The predicted octanol–water partition coefficient (Wildman–Crippen LogP) is 1.62. The minimum Gasteiger partial charge on any atom is -0.335 e. The molecule has 2 rings (SSSR count). The first-order chi connectivity index (χ1) is 9.74. The number of hydrogen-bond donors (Lipinski definition) is 2. The van der Waals surface area contributed by atoms with Gasteiger partial charge in [-0.25, -0.2) is 0 Å². The van der Waals surface area contributed by atoms with Gasteiger partial charge in [-0.05, 0) is 37.9 Å². The summed E-state index contributed by atoms with van der Waals surface area (Å²) in [5, 5.41) is 0. The summed E-state index contributed by atoms with van der Waals surface area (Å²) < 4.78 is 37.4. The van der Waals surface area contributed by atoms with Gasteiger partial charge >= 0.3 is 6.18 Å². The molecular weight excluding hydrogens is 323 g/mol. The predicted molar refractivity (Wildman–Crippen MR) is 77.0 cm³/mol. The third-order valence-corrected chi connectivity index (χ3v) is 3.70. The van der Waals surface area contributed by atoms with Gasteiger partial charge in [0.15, 0.2) is 0 Å². The smallest absolute Gasteiger partial charge is 0.335 e. The molecule has 0 bridgehead atoms. The fraction of sp³-hybridized carbons (Fsp3) is 0.538. The number of likely N-dealkylation sites (tertiary alicyclic amines) is 1. The van der Waals surface area contributed by atoms with E-state index in [2.05, 4.69) is 0 Å². The number of amides is 1. The molecule has 9 heteroatoms. The van der Waals surface area contributed by atoms with Gasteiger partial charge in [-0.1, -0.05) is 0 Å². The van der Waals surface area contributed by atoms with Crippen LogP contribution in [0.2, 0.25) is 0 Å². The van der Waals surface area contributed by atoms with Crippen molar-refractivity contribution in [3.05, 3.63) is 33.7 Å². The number of nitrogens with one attached hydrogen (secondary N) is 1. The van der Waals surface area contributed by atoms with Gasteiger partial charge in [0.05, 0.1) is 0 Å². The van der Waals surface area contributed by atoms with Crippen molar-refractivity contribution in [1.29, 1.82) is 0 Å². The molecule has 2 heterocycles. The van der Waals surface area contributed by atoms with Gasteiger partial charge in [0.25, 0.3) is 11.5 Å². The van der Waals surface area contributed by atoms with Crippen molar-refractivity contribution in [2.24, 2.45) is 11.7 Å². The van der Waals surface area contributed by atoms with E-state index in [1.54, 1.807) is 4.98 Å². The van der Waals surface area contributed by atoms with Crippen LogP contribution in [0.3, 0.4) is 0 Å². The second kappa shape index (κ2) is 6.70. The Labute approximate surface area is 131 Å². The summed E-state index contributed by atoms with van der Waals surface area (Å²) in [6.45, 7) is 2.67. The number of nitrogens with zero attached hydrogens (tertiary/aromatic N) is 1. The third-order valence-electron chi connectivity index (χ3n) is 3.70. The van der Waals surface area contributed by atoms with E-state index in [-0.39, 0.29) is 29.9 Å². The van der Waals surface area contributed by atoms with Gasteiger partial charge in [0, 0.05) is 12.6 Å². The number of aromatic amines is 1. The number of halogens is 4. The summed E-state index contributed by atoms with van der Waals surface area (Å²) in [6, 6.07) is 1.54. The molecule has 0 saturated carbocycles. The van der Waals surface area contributed by atoms with E-state index in [1.165, 1.54) is 4.90 Å². The summed E-state index contributed by atoms with van der Waals surface area (Å²) in [5.41, 5.74) is 3.08. The lowest BCUT2D eigenvalue weighted by Crippen LogP contribution is -2.37. The zero-order chi connectivity index (χ0) is 15.8. The van der Waals surface area contributed by atoms with E-state index in [0.29, 0.717) is 19.2 Å². The maximum Gasteiger partial charge on any atom is 0.431 e. The number of hydrogen-bond acceptors (Lipinski definition) is 3. The van der Waals surface area contributed by atoms with Crippen LogP contribution in [-0.2, 0) is 6.18 Å². The van der Waals surface area contributed by atoms with E-state index in [9.17, 15) is 22.8 Å². The standard InChI is InChI=1S/C13H16F3N3O2.ClH/c1-7-4-8(5-17)6-19(7)12(21)9-2-3-10(13(14,15)16)18-11(9)20;/h2-3,7-8H,4-6,17H2,1H3,(H,18,20);1H. The molecule has 0 aromatic carbocycles. The highest BCUT2D eigenvalue weighted by molar-refractivity contribution is 5.94. The van der Waals surface area contributed by atoms with Crippen molar-refractivity contribution >= 4 is 18.3 Å². The van der Waals surface area contributed by atoms with Gasteiger partial charge in [0.2, 0.25) is 0 Å². The van der Waals surface area contributed by atoms with Gasteiger partial charge < -0.3 is 15.6 Å². The van der Waals surface area contributed by atoms with E-state index >= 15 is 0 Å². The van der Waals surface area contributed by atoms with Crippen LogP contribution >= 0.6 is 12.4 Å². The zero-order valence-electron chi connectivity index (χ0n) is 11.8. The topological polar surface area (TPSA) is 79.2 Å².